The van der Waals surface area contributed by atoms with Gasteiger partial charge in [-0.05, 0) is 48.0 Å². The number of methoxy groups -OCH3 is 2. The van der Waals surface area contributed by atoms with Crippen LogP contribution in [-0.2, 0) is 43.0 Å². The predicted octanol–water partition coefficient (Wildman–Crippen LogP) is 3.93. The van der Waals surface area contributed by atoms with Crippen LogP contribution in [0.25, 0.3) is 0 Å². The zero-order chi connectivity index (χ0) is 22.6. The molecular weight excluding hydrogens is 491 g/mol. The predicted molar refractivity (Wildman–Crippen MR) is 125 cm³/mol. The second-order valence-electron chi connectivity index (χ2n) is 8.36. The van der Waals surface area contributed by atoms with Crippen LogP contribution in [0.15, 0.2) is 78.9 Å². The molecule has 4 rings (SSSR count). The topological polar surface area (TPSA) is 51.2 Å². The third kappa shape index (κ3) is 5.50. The van der Waals surface area contributed by atoms with Crippen molar-refractivity contribution in [1.29, 1.82) is 0 Å². The van der Waals surface area contributed by atoms with Crippen LogP contribution in [-0.4, -0.2) is 57.1 Å². The third-order valence-electron chi connectivity index (χ3n) is 6.28. The van der Waals surface area contributed by atoms with E-state index in [9.17, 15) is 5.11 Å². The van der Waals surface area contributed by atoms with Crippen LogP contribution in [0.1, 0.15) is 16.7 Å². The third-order valence-corrected chi connectivity index (χ3v) is 6.28. The zero-order valence-corrected chi connectivity index (χ0v) is 22.3. The molecule has 1 N–H and O–H groups in total. The number of ether oxygens (including phenoxy) is 3. The Balaban J connectivity index is 0.00000306. The standard InChI is InChI=1S/C27H31NO4.Y/c1-28-17-20(26(29)18-28)19-32-27(21-7-5-4-6-8-21,22-9-13-24(30-2)14-10-22)23-11-15-25(31-3)16-12-23;/h4-16,20,26,29H,17-19H2,1-3H3;. The Morgan fingerprint density at radius 2 is 1.27 bits per heavy atom. The van der Waals surface area contributed by atoms with Crippen molar-refractivity contribution in [2.75, 3.05) is 41.0 Å². The number of β-amino-alcohol motifs (C(OH)–C–C–N with tert-alkyl or cyclic N) is 1. The van der Waals surface area contributed by atoms with E-state index in [0.717, 1.165) is 34.7 Å². The maximum atomic E-state index is 10.5. The van der Waals surface area contributed by atoms with Gasteiger partial charge in [0.2, 0.25) is 0 Å². The summed E-state index contributed by atoms with van der Waals surface area (Å²) >= 11 is 0. The van der Waals surface area contributed by atoms with E-state index in [1.807, 2.05) is 73.8 Å². The first-order valence-corrected chi connectivity index (χ1v) is 10.9. The summed E-state index contributed by atoms with van der Waals surface area (Å²) in [6.45, 7) is 1.90. The van der Waals surface area contributed by atoms with Crippen molar-refractivity contribution in [2.24, 2.45) is 5.92 Å². The van der Waals surface area contributed by atoms with Gasteiger partial charge in [-0.3, -0.25) is 0 Å². The summed E-state index contributed by atoms with van der Waals surface area (Å²) in [5.74, 6) is 1.62. The smallest absolute Gasteiger partial charge is 0.143 e. The van der Waals surface area contributed by atoms with Gasteiger partial charge in [0.15, 0.2) is 0 Å². The molecule has 0 saturated carbocycles. The van der Waals surface area contributed by atoms with Gasteiger partial charge in [0.1, 0.15) is 17.1 Å². The van der Waals surface area contributed by atoms with Crippen molar-refractivity contribution >= 4 is 0 Å². The summed E-state index contributed by atoms with van der Waals surface area (Å²) < 4.78 is 17.7. The minimum Gasteiger partial charge on any atom is -0.497 e. The van der Waals surface area contributed by atoms with Gasteiger partial charge in [0.25, 0.3) is 0 Å². The molecule has 33 heavy (non-hydrogen) atoms. The number of likely N-dealkylation sites (N-methyl/N-ethyl adjacent to an activating group) is 1. The summed E-state index contributed by atoms with van der Waals surface area (Å²) in [4.78, 5) is 2.14. The Morgan fingerprint density at radius 1 is 0.788 bits per heavy atom. The van der Waals surface area contributed by atoms with Crippen LogP contribution in [0.5, 0.6) is 11.5 Å². The molecule has 171 valence electrons. The Hall–Kier alpha value is -1.76. The van der Waals surface area contributed by atoms with Crippen LogP contribution in [0.3, 0.4) is 0 Å². The molecule has 1 radical (unpaired) electrons. The summed E-state index contributed by atoms with van der Waals surface area (Å²) in [5, 5.41) is 10.5. The SMILES string of the molecule is COc1ccc(C(OCC2CN(C)CC2O)(c2ccccc2)c2ccc(OC)cc2)cc1.[Y]. The van der Waals surface area contributed by atoms with Gasteiger partial charge in [-0.25, -0.2) is 0 Å². The Bertz CT molecular complexity index is 947. The number of hydrogen-bond donors (Lipinski definition) is 1. The molecule has 2 unspecified atom stereocenters. The van der Waals surface area contributed by atoms with Gasteiger partial charge in [-0.15, -0.1) is 0 Å². The summed E-state index contributed by atoms with van der Waals surface area (Å²) in [5.41, 5.74) is 2.17. The first-order valence-electron chi connectivity index (χ1n) is 10.9. The fraction of sp³-hybridized carbons (Fsp3) is 0.333. The summed E-state index contributed by atoms with van der Waals surface area (Å²) in [6, 6.07) is 26.3. The molecule has 1 heterocycles. The summed E-state index contributed by atoms with van der Waals surface area (Å²) in [6.07, 6.45) is -0.403. The van der Waals surface area contributed by atoms with Crippen molar-refractivity contribution in [3.8, 4) is 11.5 Å². The maximum absolute atomic E-state index is 10.5. The molecule has 1 fully saturated rings. The first kappa shape index (κ1) is 25.9. The fourth-order valence-electron chi connectivity index (χ4n) is 4.54. The van der Waals surface area contributed by atoms with E-state index in [4.69, 9.17) is 14.2 Å². The Morgan fingerprint density at radius 3 is 1.70 bits per heavy atom. The van der Waals surface area contributed by atoms with Gasteiger partial charge < -0.3 is 24.2 Å². The largest absolute Gasteiger partial charge is 0.497 e. The maximum Gasteiger partial charge on any atom is 0.143 e. The number of benzene rings is 3. The molecule has 5 nitrogen and oxygen atoms in total. The number of nitrogens with zero attached hydrogens (tertiary/aromatic N) is 1. The van der Waals surface area contributed by atoms with E-state index in [0.29, 0.717) is 13.2 Å². The van der Waals surface area contributed by atoms with Crippen LogP contribution < -0.4 is 9.47 Å². The van der Waals surface area contributed by atoms with E-state index in [2.05, 4.69) is 17.0 Å². The van der Waals surface area contributed by atoms with Crippen molar-refractivity contribution in [2.45, 2.75) is 11.7 Å². The van der Waals surface area contributed by atoms with Crippen LogP contribution in [0.2, 0.25) is 0 Å². The van der Waals surface area contributed by atoms with E-state index in [1.165, 1.54) is 0 Å². The average Bonchev–Trinajstić information content (AvgIpc) is 3.17. The van der Waals surface area contributed by atoms with Crippen molar-refractivity contribution in [3.63, 3.8) is 0 Å². The molecule has 2 atom stereocenters. The molecule has 0 spiro atoms. The molecular formula is C27H31NO4Y. The number of hydrogen-bond acceptors (Lipinski definition) is 5. The summed E-state index contributed by atoms with van der Waals surface area (Å²) in [7, 11) is 5.36. The number of aliphatic hydroxyl groups excluding tert-OH is 1. The molecule has 6 heteroatoms. The minimum atomic E-state index is -0.847. The van der Waals surface area contributed by atoms with Crippen molar-refractivity contribution < 1.29 is 52.0 Å². The quantitative estimate of drug-likeness (QED) is 0.455. The van der Waals surface area contributed by atoms with Crippen LogP contribution >= 0.6 is 0 Å². The molecule has 3 aromatic rings. The minimum absolute atomic E-state index is 0. The van der Waals surface area contributed by atoms with Gasteiger partial charge in [-0.2, -0.15) is 0 Å². The number of rotatable bonds is 8. The Kier molecular flexibility index (Phi) is 9.08. The van der Waals surface area contributed by atoms with E-state index in [1.54, 1.807) is 14.2 Å². The van der Waals surface area contributed by atoms with Gasteiger partial charge in [0.05, 0.1) is 26.9 Å². The zero-order valence-electron chi connectivity index (χ0n) is 19.5. The fourth-order valence-corrected chi connectivity index (χ4v) is 4.54. The molecule has 1 aliphatic rings. The average molecular weight is 522 g/mol. The van der Waals surface area contributed by atoms with Crippen molar-refractivity contribution in [3.05, 3.63) is 95.6 Å². The van der Waals surface area contributed by atoms with Gasteiger partial charge >= 0.3 is 0 Å². The van der Waals surface area contributed by atoms with Gasteiger partial charge in [0, 0.05) is 51.7 Å². The normalized spacial score (nSPS) is 18.5. The monoisotopic (exact) mass is 522 g/mol. The molecule has 1 saturated heterocycles. The molecule has 0 bridgehead atoms. The first-order chi connectivity index (χ1) is 15.6. The Labute approximate surface area is 221 Å². The van der Waals surface area contributed by atoms with E-state index in [-0.39, 0.29) is 38.6 Å². The van der Waals surface area contributed by atoms with E-state index < -0.39 is 11.7 Å². The van der Waals surface area contributed by atoms with Crippen LogP contribution in [0.4, 0.5) is 0 Å². The number of aliphatic hydroxyl groups is 1. The van der Waals surface area contributed by atoms with E-state index >= 15 is 0 Å². The van der Waals surface area contributed by atoms with Crippen molar-refractivity contribution in [1.82, 2.24) is 4.90 Å². The van der Waals surface area contributed by atoms with Crippen LogP contribution in [0, 0.1) is 5.92 Å². The molecule has 0 aliphatic carbocycles. The molecule has 1 aliphatic heterocycles. The van der Waals surface area contributed by atoms with Gasteiger partial charge in [-0.1, -0.05) is 54.6 Å². The molecule has 3 aromatic carbocycles. The second-order valence-corrected chi connectivity index (χ2v) is 8.36. The second kappa shape index (κ2) is 11.6. The molecule has 0 aromatic heterocycles. The molecule has 0 amide bonds. The number of likely N-dealkylation sites (tertiary alicyclic amines) is 1.